The quantitative estimate of drug-likeness (QED) is 0.604. The zero-order chi connectivity index (χ0) is 19.8. The zero-order valence-corrected chi connectivity index (χ0v) is 15.8. The van der Waals surface area contributed by atoms with Gasteiger partial charge < -0.3 is 15.7 Å². The fourth-order valence-electron chi connectivity index (χ4n) is 3.49. The molecule has 4 rings (SSSR count). The number of phenolic OH excluding ortho intramolecular Hbond substituents is 1. The minimum atomic E-state index is -0.513. The molecule has 2 heterocycles. The normalized spacial score (nSPS) is 15.6. The number of nitrogens with one attached hydrogen (secondary N) is 2. The van der Waals surface area contributed by atoms with Gasteiger partial charge in [0.15, 0.2) is 0 Å². The van der Waals surface area contributed by atoms with Gasteiger partial charge in [-0.3, -0.25) is 9.59 Å². The molecule has 1 aromatic heterocycles. The number of anilines is 2. The second-order valence-electron chi connectivity index (χ2n) is 6.63. The number of halogens is 1. The van der Waals surface area contributed by atoms with Gasteiger partial charge in [-0.1, -0.05) is 24.3 Å². The van der Waals surface area contributed by atoms with Crippen LogP contribution in [0, 0.1) is 12.7 Å². The average Bonchev–Trinajstić information content (AvgIpc) is 2.99. The van der Waals surface area contributed by atoms with E-state index in [0.717, 1.165) is 16.7 Å². The molecule has 2 aromatic carbocycles. The van der Waals surface area contributed by atoms with Crippen molar-refractivity contribution in [2.24, 2.45) is 0 Å². The van der Waals surface area contributed by atoms with E-state index in [-0.39, 0.29) is 29.7 Å². The van der Waals surface area contributed by atoms with Crippen molar-refractivity contribution in [2.75, 3.05) is 10.6 Å². The number of aromatic hydroxyl groups is 1. The van der Waals surface area contributed by atoms with E-state index in [1.165, 1.54) is 23.5 Å². The molecule has 0 bridgehead atoms. The fourth-order valence-corrected chi connectivity index (χ4v) is 4.67. The van der Waals surface area contributed by atoms with Crippen molar-refractivity contribution in [1.82, 2.24) is 0 Å². The van der Waals surface area contributed by atoms with Gasteiger partial charge in [-0.25, -0.2) is 4.39 Å². The first-order chi connectivity index (χ1) is 13.4. The Morgan fingerprint density at radius 2 is 2.04 bits per heavy atom. The number of carbonyl (C=O) groups excluding carboxylic acids is 2. The third-order valence-corrected chi connectivity index (χ3v) is 6.01. The van der Waals surface area contributed by atoms with Crippen molar-refractivity contribution in [3.05, 3.63) is 75.9 Å². The smallest absolute Gasteiger partial charge is 0.266 e. The molecular formula is C21H17FN2O3S. The molecule has 0 saturated heterocycles. The van der Waals surface area contributed by atoms with E-state index in [0.29, 0.717) is 9.88 Å². The van der Waals surface area contributed by atoms with E-state index in [1.807, 2.05) is 13.0 Å². The fraction of sp³-hybridized carbons (Fsp3) is 0.143. The monoisotopic (exact) mass is 396 g/mol. The molecule has 142 valence electrons. The molecule has 1 unspecified atom stereocenters. The van der Waals surface area contributed by atoms with Gasteiger partial charge in [0.25, 0.3) is 5.91 Å². The highest BCUT2D eigenvalue weighted by Crippen LogP contribution is 2.45. The summed E-state index contributed by atoms with van der Waals surface area (Å²) in [5.41, 5.74) is 2.50. The Bertz CT molecular complexity index is 1090. The molecule has 3 aromatic rings. The summed E-state index contributed by atoms with van der Waals surface area (Å²) in [5, 5.41) is 15.8. The molecular weight excluding hydrogens is 379 g/mol. The van der Waals surface area contributed by atoms with Crippen molar-refractivity contribution in [3.63, 3.8) is 0 Å². The Morgan fingerprint density at radius 3 is 2.79 bits per heavy atom. The van der Waals surface area contributed by atoms with Gasteiger partial charge in [0, 0.05) is 12.3 Å². The van der Waals surface area contributed by atoms with E-state index < -0.39 is 11.7 Å². The Morgan fingerprint density at radius 1 is 1.25 bits per heavy atom. The summed E-state index contributed by atoms with van der Waals surface area (Å²) in [6, 6.07) is 12.7. The van der Waals surface area contributed by atoms with Crippen LogP contribution in [0.25, 0.3) is 0 Å². The molecule has 0 radical (unpaired) electrons. The van der Waals surface area contributed by atoms with Gasteiger partial charge >= 0.3 is 0 Å². The summed E-state index contributed by atoms with van der Waals surface area (Å²) >= 11 is 1.17. The largest absolute Gasteiger partial charge is 0.508 e. The van der Waals surface area contributed by atoms with Crippen molar-refractivity contribution in [2.45, 2.75) is 19.3 Å². The topological polar surface area (TPSA) is 78.4 Å². The number of amides is 2. The first-order valence-corrected chi connectivity index (χ1v) is 9.53. The summed E-state index contributed by atoms with van der Waals surface area (Å²) in [5.74, 6) is -1.23. The van der Waals surface area contributed by atoms with Gasteiger partial charge in [0.05, 0.1) is 15.6 Å². The zero-order valence-electron chi connectivity index (χ0n) is 15.0. The Labute approximate surface area is 164 Å². The number of carbonyl (C=O) groups is 2. The van der Waals surface area contributed by atoms with Crippen molar-refractivity contribution >= 4 is 33.8 Å². The van der Waals surface area contributed by atoms with Crippen LogP contribution >= 0.6 is 11.3 Å². The predicted molar refractivity (Wildman–Crippen MR) is 107 cm³/mol. The molecule has 7 heteroatoms. The summed E-state index contributed by atoms with van der Waals surface area (Å²) in [6.45, 7) is 1.82. The number of hydrogen-bond acceptors (Lipinski definition) is 4. The molecule has 1 aliphatic rings. The second kappa shape index (κ2) is 7.09. The Hall–Kier alpha value is -3.19. The SMILES string of the molecule is Cc1c(C(=O)Nc2ccccc2F)sc2c1C(c1cccc(O)c1)CC(=O)N2. The summed E-state index contributed by atoms with van der Waals surface area (Å²) in [7, 11) is 0. The predicted octanol–water partition coefficient (Wildman–Crippen LogP) is 4.63. The highest BCUT2D eigenvalue weighted by atomic mass is 32.1. The third kappa shape index (κ3) is 3.25. The van der Waals surface area contributed by atoms with Gasteiger partial charge in [-0.2, -0.15) is 0 Å². The van der Waals surface area contributed by atoms with Crippen molar-refractivity contribution in [3.8, 4) is 5.75 Å². The highest BCUT2D eigenvalue weighted by molar-refractivity contribution is 7.18. The number of phenols is 1. The van der Waals surface area contributed by atoms with Crippen LogP contribution in [0.3, 0.4) is 0 Å². The number of hydrogen-bond donors (Lipinski definition) is 3. The van der Waals surface area contributed by atoms with Crippen LogP contribution in [0.5, 0.6) is 5.75 Å². The van der Waals surface area contributed by atoms with Gasteiger partial charge in [-0.05, 0) is 47.9 Å². The molecule has 0 saturated carbocycles. The van der Waals surface area contributed by atoms with Crippen molar-refractivity contribution in [1.29, 1.82) is 0 Å². The Balaban J connectivity index is 1.73. The molecule has 0 fully saturated rings. The number of thiophene rings is 1. The van der Waals surface area contributed by atoms with Gasteiger partial charge in [0.2, 0.25) is 5.91 Å². The van der Waals surface area contributed by atoms with Crippen LogP contribution in [0.2, 0.25) is 0 Å². The van der Waals surface area contributed by atoms with Crippen molar-refractivity contribution < 1.29 is 19.1 Å². The number of benzene rings is 2. The summed E-state index contributed by atoms with van der Waals surface area (Å²) in [4.78, 5) is 25.4. The minimum Gasteiger partial charge on any atom is -0.508 e. The lowest BCUT2D eigenvalue weighted by molar-refractivity contribution is -0.116. The lowest BCUT2D eigenvalue weighted by Gasteiger charge is -2.24. The van der Waals surface area contributed by atoms with Crippen LogP contribution in [-0.2, 0) is 4.79 Å². The maximum Gasteiger partial charge on any atom is 0.266 e. The number of rotatable bonds is 3. The Kier molecular flexibility index (Phi) is 4.60. The lowest BCUT2D eigenvalue weighted by atomic mass is 9.85. The number of para-hydroxylation sites is 1. The molecule has 1 atom stereocenters. The van der Waals surface area contributed by atoms with Gasteiger partial charge in [-0.15, -0.1) is 11.3 Å². The molecule has 3 N–H and O–H groups in total. The molecule has 0 spiro atoms. The first-order valence-electron chi connectivity index (χ1n) is 8.72. The first kappa shape index (κ1) is 18.2. The summed E-state index contributed by atoms with van der Waals surface area (Å²) in [6.07, 6.45) is 0.225. The van der Waals surface area contributed by atoms with Crippen LogP contribution in [0.4, 0.5) is 15.1 Å². The van der Waals surface area contributed by atoms with Crippen LogP contribution in [-0.4, -0.2) is 16.9 Å². The summed E-state index contributed by atoms with van der Waals surface area (Å²) < 4.78 is 13.9. The van der Waals surface area contributed by atoms with Gasteiger partial charge in [0.1, 0.15) is 11.6 Å². The maximum atomic E-state index is 13.9. The molecule has 0 aliphatic carbocycles. The van der Waals surface area contributed by atoms with E-state index in [1.54, 1.807) is 30.3 Å². The lowest BCUT2D eigenvalue weighted by Crippen LogP contribution is -2.22. The van der Waals surface area contributed by atoms with Crippen LogP contribution in [0.1, 0.15) is 38.7 Å². The molecule has 1 aliphatic heterocycles. The van der Waals surface area contributed by atoms with E-state index in [2.05, 4.69) is 10.6 Å². The molecule has 28 heavy (non-hydrogen) atoms. The van der Waals surface area contributed by atoms with E-state index in [4.69, 9.17) is 0 Å². The van der Waals surface area contributed by atoms with Crippen LogP contribution < -0.4 is 10.6 Å². The highest BCUT2D eigenvalue weighted by Gasteiger charge is 2.33. The average molecular weight is 396 g/mol. The standard InChI is InChI=1S/C21H17FN2O3S/c1-11-18-14(12-5-4-6-13(25)9-12)10-17(26)24-21(18)28-19(11)20(27)23-16-8-3-2-7-15(16)22/h2-9,14,25H,10H2,1H3,(H,23,27)(H,24,26). The maximum absolute atomic E-state index is 13.9. The second-order valence-corrected chi connectivity index (χ2v) is 7.65. The van der Waals surface area contributed by atoms with Crippen LogP contribution in [0.15, 0.2) is 48.5 Å². The third-order valence-electron chi connectivity index (χ3n) is 4.79. The molecule has 2 amide bonds. The minimum absolute atomic E-state index is 0.104. The molecule has 5 nitrogen and oxygen atoms in total. The number of fused-ring (bicyclic) bond motifs is 1. The van der Waals surface area contributed by atoms with E-state index >= 15 is 0 Å². The van der Waals surface area contributed by atoms with E-state index in [9.17, 15) is 19.1 Å².